The number of carbonyl (C=O) groups excluding carboxylic acids is 1. The smallest absolute Gasteiger partial charge is 0.270 e. The van der Waals surface area contributed by atoms with Crippen LogP contribution in [-0.2, 0) is 4.79 Å². The number of hydrogen-bond donors (Lipinski definition) is 1. The SMILES string of the molecule is CCC(CC(=O)Nc1ccccc1)=C(F)F. The van der Waals surface area contributed by atoms with Gasteiger partial charge >= 0.3 is 0 Å². The van der Waals surface area contributed by atoms with Crippen molar-refractivity contribution in [3.8, 4) is 0 Å². The standard InChI is InChI=1S/C12H13F2NO/c1-2-9(12(13)14)8-11(16)15-10-6-4-3-5-7-10/h3-7H,2,8H2,1H3,(H,15,16). The second-order valence-electron chi connectivity index (χ2n) is 3.31. The third-order valence-corrected chi connectivity index (χ3v) is 2.13. The molecule has 0 radical (unpaired) electrons. The molecule has 0 saturated carbocycles. The number of anilines is 1. The van der Waals surface area contributed by atoms with Crippen LogP contribution in [0.4, 0.5) is 14.5 Å². The van der Waals surface area contributed by atoms with E-state index in [-0.39, 0.29) is 18.4 Å². The van der Waals surface area contributed by atoms with Crippen LogP contribution < -0.4 is 5.32 Å². The molecule has 0 aliphatic rings. The van der Waals surface area contributed by atoms with Crippen LogP contribution in [0, 0.1) is 0 Å². The van der Waals surface area contributed by atoms with E-state index >= 15 is 0 Å². The summed E-state index contributed by atoms with van der Waals surface area (Å²) in [4.78, 5) is 11.4. The molecule has 0 heterocycles. The van der Waals surface area contributed by atoms with E-state index in [1.165, 1.54) is 0 Å². The maximum Gasteiger partial charge on any atom is 0.270 e. The predicted octanol–water partition coefficient (Wildman–Crippen LogP) is 3.58. The predicted molar refractivity (Wildman–Crippen MR) is 59.2 cm³/mol. The van der Waals surface area contributed by atoms with E-state index < -0.39 is 12.0 Å². The van der Waals surface area contributed by atoms with Crippen molar-refractivity contribution in [2.24, 2.45) is 0 Å². The van der Waals surface area contributed by atoms with Crippen molar-refractivity contribution in [3.63, 3.8) is 0 Å². The van der Waals surface area contributed by atoms with Crippen LogP contribution in [0.5, 0.6) is 0 Å². The molecule has 16 heavy (non-hydrogen) atoms. The topological polar surface area (TPSA) is 29.1 Å². The average molecular weight is 225 g/mol. The van der Waals surface area contributed by atoms with E-state index in [1.807, 2.05) is 6.07 Å². The highest BCUT2D eigenvalue weighted by Gasteiger charge is 2.10. The monoisotopic (exact) mass is 225 g/mol. The molecule has 0 atom stereocenters. The molecular formula is C12H13F2NO. The van der Waals surface area contributed by atoms with Gasteiger partial charge in [-0.1, -0.05) is 25.1 Å². The Morgan fingerprint density at radius 3 is 2.38 bits per heavy atom. The molecule has 0 saturated heterocycles. The van der Waals surface area contributed by atoms with Gasteiger partial charge in [0.2, 0.25) is 5.91 Å². The van der Waals surface area contributed by atoms with Crippen molar-refractivity contribution in [1.29, 1.82) is 0 Å². The van der Waals surface area contributed by atoms with Crippen LogP contribution in [0.25, 0.3) is 0 Å². The maximum absolute atomic E-state index is 12.3. The zero-order valence-corrected chi connectivity index (χ0v) is 8.97. The Labute approximate surface area is 93.0 Å². The molecule has 0 aliphatic heterocycles. The van der Waals surface area contributed by atoms with E-state index in [2.05, 4.69) is 5.32 Å². The third-order valence-electron chi connectivity index (χ3n) is 2.13. The van der Waals surface area contributed by atoms with E-state index in [9.17, 15) is 13.6 Å². The Kier molecular flexibility index (Phi) is 4.64. The summed E-state index contributed by atoms with van der Waals surface area (Å²) in [6, 6.07) is 8.76. The van der Waals surface area contributed by atoms with Gasteiger partial charge in [-0.3, -0.25) is 4.79 Å². The molecular weight excluding hydrogens is 212 g/mol. The summed E-state index contributed by atoms with van der Waals surface area (Å²) in [6.07, 6.45) is -1.83. The van der Waals surface area contributed by atoms with Gasteiger partial charge in [0.25, 0.3) is 6.08 Å². The summed E-state index contributed by atoms with van der Waals surface area (Å²) < 4.78 is 24.6. The first kappa shape index (κ1) is 12.4. The Bertz CT molecular complexity index is 383. The second kappa shape index (κ2) is 6.00. The van der Waals surface area contributed by atoms with Gasteiger partial charge in [0.05, 0.1) is 6.42 Å². The zero-order chi connectivity index (χ0) is 12.0. The van der Waals surface area contributed by atoms with Gasteiger partial charge in [0.1, 0.15) is 0 Å². The summed E-state index contributed by atoms with van der Waals surface area (Å²) in [5.74, 6) is -0.421. The average Bonchev–Trinajstić information content (AvgIpc) is 2.27. The van der Waals surface area contributed by atoms with E-state index in [4.69, 9.17) is 0 Å². The second-order valence-corrected chi connectivity index (χ2v) is 3.31. The molecule has 0 fully saturated rings. The molecule has 2 nitrogen and oxygen atoms in total. The van der Waals surface area contributed by atoms with Crippen LogP contribution in [0.15, 0.2) is 42.0 Å². The van der Waals surface area contributed by atoms with Crippen LogP contribution in [0.3, 0.4) is 0 Å². The van der Waals surface area contributed by atoms with E-state index in [1.54, 1.807) is 31.2 Å². The van der Waals surface area contributed by atoms with Crippen LogP contribution in [0.1, 0.15) is 19.8 Å². The lowest BCUT2D eigenvalue weighted by Crippen LogP contribution is -2.12. The maximum atomic E-state index is 12.3. The lowest BCUT2D eigenvalue weighted by Gasteiger charge is -2.05. The highest BCUT2D eigenvalue weighted by atomic mass is 19.3. The minimum absolute atomic E-state index is 0.117. The lowest BCUT2D eigenvalue weighted by atomic mass is 10.1. The van der Waals surface area contributed by atoms with Crippen molar-refractivity contribution >= 4 is 11.6 Å². The minimum Gasteiger partial charge on any atom is -0.326 e. The molecule has 1 rings (SSSR count). The highest BCUT2D eigenvalue weighted by Crippen LogP contribution is 2.16. The quantitative estimate of drug-likeness (QED) is 0.833. The number of carbonyl (C=O) groups is 1. The summed E-state index contributed by atoms with van der Waals surface area (Å²) in [5.41, 5.74) is 0.496. The number of benzene rings is 1. The summed E-state index contributed by atoms with van der Waals surface area (Å²) in [7, 11) is 0. The van der Waals surface area contributed by atoms with Crippen molar-refractivity contribution in [3.05, 3.63) is 42.0 Å². The van der Waals surface area contributed by atoms with E-state index in [0.717, 1.165) is 0 Å². The molecule has 1 aromatic rings. The fraction of sp³-hybridized carbons (Fsp3) is 0.250. The largest absolute Gasteiger partial charge is 0.326 e. The zero-order valence-electron chi connectivity index (χ0n) is 8.97. The van der Waals surface area contributed by atoms with Crippen LogP contribution in [-0.4, -0.2) is 5.91 Å². The number of rotatable bonds is 4. The first-order chi connectivity index (χ1) is 7.63. The van der Waals surface area contributed by atoms with Crippen molar-refractivity contribution < 1.29 is 13.6 Å². The summed E-state index contributed by atoms with van der Waals surface area (Å²) >= 11 is 0. The van der Waals surface area contributed by atoms with Crippen LogP contribution in [0.2, 0.25) is 0 Å². The van der Waals surface area contributed by atoms with Gasteiger partial charge < -0.3 is 5.32 Å². The van der Waals surface area contributed by atoms with Gasteiger partial charge in [-0.25, -0.2) is 0 Å². The molecule has 0 spiro atoms. The molecule has 4 heteroatoms. The van der Waals surface area contributed by atoms with Gasteiger partial charge in [0.15, 0.2) is 0 Å². The first-order valence-electron chi connectivity index (χ1n) is 5.01. The van der Waals surface area contributed by atoms with Crippen LogP contribution >= 0.6 is 0 Å². The van der Waals surface area contributed by atoms with Crippen molar-refractivity contribution in [2.45, 2.75) is 19.8 Å². The lowest BCUT2D eigenvalue weighted by molar-refractivity contribution is -0.115. The Morgan fingerprint density at radius 2 is 1.88 bits per heavy atom. The van der Waals surface area contributed by atoms with Gasteiger partial charge in [-0.2, -0.15) is 8.78 Å². The number of amides is 1. The third kappa shape index (κ3) is 3.81. The van der Waals surface area contributed by atoms with Gasteiger partial charge in [-0.15, -0.1) is 0 Å². The molecule has 1 aromatic carbocycles. The number of para-hydroxylation sites is 1. The van der Waals surface area contributed by atoms with Crippen molar-refractivity contribution in [2.75, 3.05) is 5.32 Å². The fourth-order valence-corrected chi connectivity index (χ4v) is 1.25. The van der Waals surface area contributed by atoms with E-state index in [0.29, 0.717) is 5.69 Å². The molecule has 1 N–H and O–H groups in total. The Morgan fingerprint density at radius 1 is 1.25 bits per heavy atom. The van der Waals surface area contributed by atoms with Gasteiger partial charge in [0, 0.05) is 11.3 Å². The molecule has 0 aliphatic carbocycles. The highest BCUT2D eigenvalue weighted by molar-refractivity contribution is 5.92. The summed E-state index contributed by atoms with van der Waals surface area (Å²) in [6.45, 7) is 1.60. The molecule has 0 unspecified atom stereocenters. The normalized spacial score (nSPS) is 9.69. The Hall–Kier alpha value is -1.71. The number of hydrogen-bond acceptors (Lipinski definition) is 1. The molecule has 0 bridgehead atoms. The summed E-state index contributed by atoms with van der Waals surface area (Å²) in [5, 5.41) is 2.56. The first-order valence-corrected chi connectivity index (χ1v) is 5.01. The van der Waals surface area contributed by atoms with Crippen molar-refractivity contribution in [1.82, 2.24) is 0 Å². The minimum atomic E-state index is -1.76. The fourth-order valence-electron chi connectivity index (χ4n) is 1.25. The Balaban J connectivity index is 2.58. The molecule has 0 aromatic heterocycles. The molecule has 1 amide bonds. The number of nitrogens with one attached hydrogen (secondary N) is 1. The molecule has 86 valence electrons. The van der Waals surface area contributed by atoms with Gasteiger partial charge in [-0.05, 0) is 18.6 Å². The number of halogens is 2.